The molecule has 110 valence electrons. The van der Waals surface area contributed by atoms with Gasteiger partial charge in [0.1, 0.15) is 0 Å². The number of aryl methyl sites for hydroxylation is 2. The minimum atomic E-state index is 0.298. The third-order valence-corrected chi connectivity index (χ3v) is 5.17. The molecule has 2 nitrogen and oxygen atoms in total. The van der Waals surface area contributed by atoms with Crippen LogP contribution in [0.1, 0.15) is 41.3 Å². The number of nitrogens with zero attached hydrogens (tertiary/aromatic N) is 1. The van der Waals surface area contributed by atoms with Crippen LogP contribution in [-0.4, -0.2) is 17.4 Å². The van der Waals surface area contributed by atoms with Gasteiger partial charge in [-0.2, -0.15) is 0 Å². The molecule has 0 spiro atoms. The molecule has 0 saturated carbocycles. The number of carbonyl (C=O) groups excluding carboxylic acids is 1. The van der Waals surface area contributed by atoms with Crippen molar-refractivity contribution in [3.05, 3.63) is 57.8 Å². The van der Waals surface area contributed by atoms with E-state index in [0.29, 0.717) is 18.4 Å². The Bertz CT molecular complexity index is 588. The molecule has 1 atom stereocenters. The smallest absolute Gasteiger partial charge is 0.223 e. The van der Waals surface area contributed by atoms with E-state index < -0.39 is 0 Å². The number of benzene rings is 1. The fraction of sp³-hybridized carbons (Fsp3) is 0.389. The predicted molar refractivity (Wildman–Crippen MR) is 87.5 cm³/mol. The van der Waals surface area contributed by atoms with Crippen molar-refractivity contribution in [3.63, 3.8) is 0 Å². The highest BCUT2D eigenvalue weighted by Crippen LogP contribution is 2.34. The number of thiophene rings is 1. The standard InChI is InChI=1S/C18H21NOS/c1-14-6-8-15(9-7-14)10-11-18(20)19-12-2-4-16(19)17-5-3-13-21-17/h3,5-9,13,16H,2,4,10-12H2,1H3. The molecule has 1 saturated heterocycles. The third kappa shape index (κ3) is 3.35. The number of likely N-dealkylation sites (tertiary alicyclic amines) is 1. The first-order valence-corrected chi connectivity index (χ1v) is 8.50. The first-order valence-electron chi connectivity index (χ1n) is 7.62. The second-order valence-corrected chi connectivity index (χ2v) is 6.73. The van der Waals surface area contributed by atoms with Gasteiger partial charge in [-0.1, -0.05) is 35.9 Å². The largest absolute Gasteiger partial charge is 0.335 e. The van der Waals surface area contributed by atoms with Crippen LogP contribution in [0.3, 0.4) is 0 Å². The van der Waals surface area contributed by atoms with E-state index in [4.69, 9.17) is 0 Å². The molecule has 1 aromatic carbocycles. The van der Waals surface area contributed by atoms with Gasteiger partial charge < -0.3 is 4.90 Å². The van der Waals surface area contributed by atoms with Crippen LogP contribution < -0.4 is 0 Å². The number of rotatable bonds is 4. The molecule has 1 aromatic heterocycles. The van der Waals surface area contributed by atoms with Crippen molar-refractivity contribution in [1.29, 1.82) is 0 Å². The highest BCUT2D eigenvalue weighted by atomic mass is 32.1. The SMILES string of the molecule is Cc1ccc(CCC(=O)N2CCCC2c2cccs2)cc1. The lowest BCUT2D eigenvalue weighted by molar-refractivity contribution is -0.132. The Morgan fingerprint density at radius 2 is 2.10 bits per heavy atom. The Balaban J connectivity index is 1.61. The lowest BCUT2D eigenvalue weighted by Crippen LogP contribution is -2.30. The molecule has 0 aliphatic carbocycles. The number of amides is 1. The maximum atomic E-state index is 12.5. The molecule has 3 heteroatoms. The molecule has 0 radical (unpaired) electrons. The normalized spacial score (nSPS) is 18.1. The molecular weight excluding hydrogens is 278 g/mol. The van der Waals surface area contributed by atoms with Crippen LogP contribution in [0.5, 0.6) is 0 Å². The van der Waals surface area contributed by atoms with Crippen LogP contribution in [-0.2, 0) is 11.2 Å². The van der Waals surface area contributed by atoms with Gasteiger partial charge in [0, 0.05) is 17.8 Å². The van der Waals surface area contributed by atoms with Gasteiger partial charge in [0.05, 0.1) is 6.04 Å². The van der Waals surface area contributed by atoms with Gasteiger partial charge in [0.25, 0.3) is 0 Å². The molecule has 1 aliphatic heterocycles. The van der Waals surface area contributed by atoms with Crippen molar-refractivity contribution >= 4 is 17.2 Å². The molecule has 1 aliphatic rings. The summed E-state index contributed by atoms with van der Waals surface area (Å²) in [4.78, 5) is 15.9. The van der Waals surface area contributed by atoms with Crippen molar-refractivity contribution in [2.45, 2.75) is 38.6 Å². The molecule has 3 rings (SSSR count). The van der Waals surface area contributed by atoms with Gasteiger partial charge in [-0.15, -0.1) is 11.3 Å². The molecule has 0 N–H and O–H groups in total. The molecular formula is C18H21NOS. The van der Waals surface area contributed by atoms with E-state index in [2.05, 4.69) is 53.6 Å². The number of hydrogen-bond acceptors (Lipinski definition) is 2. The Labute approximate surface area is 130 Å². The highest BCUT2D eigenvalue weighted by Gasteiger charge is 2.29. The van der Waals surface area contributed by atoms with Gasteiger partial charge in [-0.25, -0.2) is 0 Å². The molecule has 1 fully saturated rings. The fourth-order valence-corrected chi connectivity index (χ4v) is 3.87. The van der Waals surface area contributed by atoms with E-state index in [0.717, 1.165) is 25.8 Å². The van der Waals surface area contributed by atoms with E-state index >= 15 is 0 Å². The van der Waals surface area contributed by atoms with Gasteiger partial charge in [0.15, 0.2) is 0 Å². The molecule has 2 heterocycles. The summed E-state index contributed by atoms with van der Waals surface area (Å²) in [7, 11) is 0. The van der Waals surface area contributed by atoms with E-state index in [1.807, 2.05) is 0 Å². The van der Waals surface area contributed by atoms with Crippen LogP contribution in [0.2, 0.25) is 0 Å². The summed E-state index contributed by atoms with van der Waals surface area (Å²) < 4.78 is 0. The lowest BCUT2D eigenvalue weighted by Gasteiger charge is -2.24. The Morgan fingerprint density at radius 3 is 2.81 bits per heavy atom. The summed E-state index contributed by atoms with van der Waals surface area (Å²) in [6, 6.07) is 13.0. The lowest BCUT2D eigenvalue weighted by atomic mass is 10.1. The van der Waals surface area contributed by atoms with Crippen LogP contribution in [0.25, 0.3) is 0 Å². The van der Waals surface area contributed by atoms with Crippen molar-refractivity contribution in [1.82, 2.24) is 4.90 Å². The Kier molecular flexibility index (Phi) is 4.39. The number of hydrogen-bond donors (Lipinski definition) is 0. The van der Waals surface area contributed by atoms with Gasteiger partial charge in [-0.3, -0.25) is 4.79 Å². The van der Waals surface area contributed by atoms with Gasteiger partial charge in [0.2, 0.25) is 5.91 Å². The van der Waals surface area contributed by atoms with Gasteiger partial charge >= 0.3 is 0 Å². The zero-order chi connectivity index (χ0) is 14.7. The molecule has 2 aromatic rings. The highest BCUT2D eigenvalue weighted by molar-refractivity contribution is 7.10. The molecule has 1 unspecified atom stereocenters. The van der Waals surface area contributed by atoms with Crippen LogP contribution in [0.4, 0.5) is 0 Å². The summed E-state index contributed by atoms with van der Waals surface area (Å²) >= 11 is 1.76. The second kappa shape index (κ2) is 6.44. The molecule has 0 bridgehead atoms. The average Bonchev–Trinajstić information content (AvgIpc) is 3.16. The second-order valence-electron chi connectivity index (χ2n) is 5.75. The van der Waals surface area contributed by atoms with Crippen molar-refractivity contribution < 1.29 is 4.79 Å². The maximum Gasteiger partial charge on any atom is 0.223 e. The van der Waals surface area contributed by atoms with E-state index in [-0.39, 0.29) is 0 Å². The summed E-state index contributed by atoms with van der Waals surface area (Å²) in [5.74, 6) is 0.298. The van der Waals surface area contributed by atoms with E-state index in [1.54, 1.807) is 11.3 Å². The average molecular weight is 299 g/mol. The van der Waals surface area contributed by atoms with Crippen LogP contribution in [0, 0.1) is 6.92 Å². The third-order valence-electron chi connectivity index (χ3n) is 4.19. The molecule has 21 heavy (non-hydrogen) atoms. The number of carbonyl (C=O) groups is 1. The topological polar surface area (TPSA) is 20.3 Å². The van der Waals surface area contributed by atoms with Crippen molar-refractivity contribution in [2.24, 2.45) is 0 Å². The van der Waals surface area contributed by atoms with E-state index in [9.17, 15) is 4.79 Å². The minimum absolute atomic E-state index is 0.298. The van der Waals surface area contributed by atoms with Crippen molar-refractivity contribution in [3.8, 4) is 0 Å². The fourth-order valence-electron chi connectivity index (χ4n) is 2.99. The first-order chi connectivity index (χ1) is 10.2. The Morgan fingerprint density at radius 1 is 1.29 bits per heavy atom. The summed E-state index contributed by atoms with van der Waals surface area (Å²) in [6.07, 6.45) is 3.69. The quantitative estimate of drug-likeness (QED) is 0.821. The van der Waals surface area contributed by atoms with Crippen LogP contribution in [0.15, 0.2) is 41.8 Å². The van der Waals surface area contributed by atoms with Gasteiger partial charge in [-0.05, 0) is 43.2 Å². The summed E-state index contributed by atoms with van der Waals surface area (Å²) in [5.41, 5.74) is 2.52. The summed E-state index contributed by atoms with van der Waals surface area (Å²) in [6.45, 7) is 3.00. The summed E-state index contributed by atoms with van der Waals surface area (Å²) in [5, 5.41) is 2.10. The van der Waals surface area contributed by atoms with Crippen molar-refractivity contribution in [2.75, 3.05) is 6.54 Å². The monoisotopic (exact) mass is 299 g/mol. The zero-order valence-corrected chi connectivity index (χ0v) is 13.2. The predicted octanol–water partition coefficient (Wildman–Crippen LogP) is 4.35. The first kappa shape index (κ1) is 14.3. The zero-order valence-electron chi connectivity index (χ0n) is 12.4. The molecule has 1 amide bonds. The van der Waals surface area contributed by atoms with Crippen LogP contribution >= 0.6 is 11.3 Å². The Hall–Kier alpha value is -1.61. The minimum Gasteiger partial charge on any atom is -0.335 e. The maximum absolute atomic E-state index is 12.5. The van der Waals surface area contributed by atoms with E-state index in [1.165, 1.54) is 16.0 Å².